The number of aldehydes is 1. The van der Waals surface area contributed by atoms with E-state index in [1.165, 1.54) is 12.3 Å². The van der Waals surface area contributed by atoms with E-state index in [9.17, 15) is 4.79 Å². The Kier molecular flexibility index (Phi) is 2.01. The van der Waals surface area contributed by atoms with Gasteiger partial charge in [-0.1, -0.05) is 0 Å². The van der Waals surface area contributed by atoms with Gasteiger partial charge < -0.3 is 5.11 Å². The summed E-state index contributed by atoms with van der Waals surface area (Å²) in [6.07, 6.45) is 1.88. The van der Waals surface area contributed by atoms with E-state index in [4.69, 9.17) is 5.11 Å². The highest BCUT2D eigenvalue weighted by molar-refractivity contribution is 9.10. The quantitative estimate of drug-likeness (QED) is 0.552. The van der Waals surface area contributed by atoms with Crippen molar-refractivity contribution in [3.05, 3.63) is 22.4 Å². The van der Waals surface area contributed by atoms with Gasteiger partial charge in [0, 0.05) is 0 Å². The zero-order chi connectivity index (χ0) is 7.56. The van der Waals surface area contributed by atoms with Crippen LogP contribution >= 0.6 is 15.9 Å². The highest BCUT2D eigenvalue weighted by atomic mass is 79.9. The molecular formula is C6H4BrNO2. The van der Waals surface area contributed by atoms with Gasteiger partial charge in [0.05, 0.1) is 11.8 Å². The van der Waals surface area contributed by atoms with Crippen LogP contribution in [-0.2, 0) is 0 Å². The molecule has 1 aromatic rings. The minimum atomic E-state index is -0.00898. The van der Waals surface area contributed by atoms with Gasteiger partial charge in [0.15, 0.2) is 6.29 Å². The maximum Gasteiger partial charge on any atom is 0.152 e. The average molecular weight is 202 g/mol. The fourth-order valence-corrected chi connectivity index (χ4v) is 0.846. The van der Waals surface area contributed by atoms with Gasteiger partial charge >= 0.3 is 0 Å². The third kappa shape index (κ3) is 1.33. The number of rotatable bonds is 1. The van der Waals surface area contributed by atoms with Gasteiger partial charge in [0.2, 0.25) is 0 Å². The molecule has 0 bridgehead atoms. The Hall–Kier alpha value is -0.900. The van der Waals surface area contributed by atoms with Crippen molar-refractivity contribution in [2.45, 2.75) is 0 Å². The molecule has 0 aliphatic rings. The van der Waals surface area contributed by atoms with Crippen LogP contribution in [0, 0.1) is 0 Å². The van der Waals surface area contributed by atoms with E-state index in [2.05, 4.69) is 20.9 Å². The third-order valence-electron chi connectivity index (χ3n) is 0.979. The van der Waals surface area contributed by atoms with Crippen LogP contribution in [0.15, 0.2) is 16.9 Å². The lowest BCUT2D eigenvalue weighted by Crippen LogP contribution is -1.84. The molecule has 0 aromatic carbocycles. The van der Waals surface area contributed by atoms with Crippen molar-refractivity contribution >= 4 is 22.2 Å². The summed E-state index contributed by atoms with van der Waals surface area (Å²) < 4.78 is 0.445. The van der Waals surface area contributed by atoms with E-state index in [0.29, 0.717) is 16.5 Å². The first-order valence-electron chi connectivity index (χ1n) is 2.53. The summed E-state index contributed by atoms with van der Waals surface area (Å²) in [6.45, 7) is 0. The lowest BCUT2D eigenvalue weighted by Gasteiger charge is -1.94. The maximum absolute atomic E-state index is 10.2. The molecule has 0 atom stereocenters. The van der Waals surface area contributed by atoms with Crippen molar-refractivity contribution in [2.24, 2.45) is 0 Å². The van der Waals surface area contributed by atoms with E-state index in [1.807, 2.05) is 0 Å². The minimum absolute atomic E-state index is 0.00898. The van der Waals surface area contributed by atoms with Crippen LogP contribution in [0.3, 0.4) is 0 Å². The fourth-order valence-electron chi connectivity index (χ4n) is 0.536. The summed E-state index contributed by atoms with van der Waals surface area (Å²) >= 11 is 3.04. The molecule has 4 heteroatoms. The first-order valence-corrected chi connectivity index (χ1v) is 3.33. The monoisotopic (exact) mass is 201 g/mol. The van der Waals surface area contributed by atoms with E-state index in [-0.39, 0.29) is 5.75 Å². The van der Waals surface area contributed by atoms with Crippen molar-refractivity contribution < 1.29 is 9.90 Å². The van der Waals surface area contributed by atoms with Gasteiger partial charge in [0.25, 0.3) is 0 Å². The molecule has 0 unspecified atom stereocenters. The third-order valence-corrected chi connectivity index (χ3v) is 1.64. The molecule has 0 fully saturated rings. The van der Waals surface area contributed by atoms with Crippen molar-refractivity contribution in [1.82, 2.24) is 4.98 Å². The van der Waals surface area contributed by atoms with E-state index >= 15 is 0 Å². The topological polar surface area (TPSA) is 50.2 Å². The summed E-state index contributed by atoms with van der Waals surface area (Å²) in [4.78, 5) is 13.9. The smallest absolute Gasteiger partial charge is 0.152 e. The van der Waals surface area contributed by atoms with Crippen molar-refractivity contribution in [2.75, 3.05) is 0 Å². The lowest BCUT2D eigenvalue weighted by molar-refractivity contribution is 0.112. The largest absolute Gasteiger partial charge is 0.506 e. The molecule has 0 aliphatic carbocycles. The molecule has 0 spiro atoms. The number of carbonyl (C=O) groups is 1. The molecule has 0 aliphatic heterocycles. The van der Waals surface area contributed by atoms with Crippen LogP contribution in [0.2, 0.25) is 0 Å². The molecule has 0 radical (unpaired) electrons. The number of nitrogens with zero attached hydrogens (tertiary/aromatic N) is 1. The van der Waals surface area contributed by atoms with Gasteiger partial charge in [-0.25, -0.2) is 4.98 Å². The number of carbonyl (C=O) groups excluding carboxylic acids is 1. The zero-order valence-corrected chi connectivity index (χ0v) is 6.50. The van der Waals surface area contributed by atoms with Crippen LogP contribution in [0.4, 0.5) is 0 Å². The number of hydrogen-bond donors (Lipinski definition) is 1. The number of pyridine rings is 1. The van der Waals surface area contributed by atoms with Crippen LogP contribution < -0.4 is 0 Å². The predicted molar refractivity (Wildman–Crippen MR) is 39.0 cm³/mol. The molecule has 1 rings (SSSR count). The highest BCUT2D eigenvalue weighted by Gasteiger charge is 1.99. The Morgan fingerprint density at radius 3 is 2.90 bits per heavy atom. The molecule has 3 nitrogen and oxygen atoms in total. The van der Waals surface area contributed by atoms with Gasteiger partial charge in [-0.3, -0.25) is 4.79 Å². The zero-order valence-electron chi connectivity index (χ0n) is 4.91. The normalized spacial score (nSPS) is 9.30. The molecule has 1 aromatic heterocycles. The Morgan fingerprint density at radius 2 is 2.40 bits per heavy atom. The molecule has 0 saturated carbocycles. The van der Waals surface area contributed by atoms with Gasteiger partial charge in [0.1, 0.15) is 10.4 Å². The maximum atomic E-state index is 10.2. The van der Waals surface area contributed by atoms with E-state index < -0.39 is 0 Å². The fraction of sp³-hybridized carbons (Fsp3) is 0. The molecule has 0 amide bonds. The summed E-state index contributed by atoms with van der Waals surface area (Å²) in [6, 6.07) is 1.34. The molecule has 1 heterocycles. The Labute approximate surface area is 65.8 Å². The molecule has 1 N–H and O–H groups in total. The summed E-state index contributed by atoms with van der Waals surface area (Å²) in [5, 5.41) is 8.83. The average Bonchev–Trinajstić information content (AvgIpc) is 1.94. The second-order valence-electron chi connectivity index (χ2n) is 1.69. The summed E-state index contributed by atoms with van der Waals surface area (Å²) in [5.41, 5.74) is 0.347. The van der Waals surface area contributed by atoms with Crippen LogP contribution in [0.1, 0.15) is 10.4 Å². The van der Waals surface area contributed by atoms with Crippen molar-refractivity contribution in [1.29, 1.82) is 0 Å². The standard InChI is InChI=1S/C6H4BrNO2/c7-6-4(3-9)1-5(10)2-8-6/h1-3,10H. The molecule has 0 saturated heterocycles. The lowest BCUT2D eigenvalue weighted by atomic mass is 10.3. The van der Waals surface area contributed by atoms with E-state index in [1.54, 1.807) is 0 Å². The van der Waals surface area contributed by atoms with E-state index in [0.717, 1.165) is 0 Å². The second-order valence-corrected chi connectivity index (χ2v) is 2.44. The summed E-state index contributed by atoms with van der Waals surface area (Å²) in [5.74, 6) is -0.00898. The second kappa shape index (κ2) is 2.79. The Morgan fingerprint density at radius 1 is 1.70 bits per heavy atom. The first kappa shape index (κ1) is 7.21. The minimum Gasteiger partial charge on any atom is -0.506 e. The number of aromatic hydroxyl groups is 1. The van der Waals surface area contributed by atoms with Crippen LogP contribution in [0.25, 0.3) is 0 Å². The highest BCUT2D eigenvalue weighted by Crippen LogP contribution is 2.15. The van der Waals surface area contributed by atoms with Gasteiger partial charge in [-0.05, 0) is 22.0 Å². The molecule has 52 valence electrons. The van der Waals surface area contributed by atoms with Gasteiger partial charge in [-0.15, -0.1) is 0 Å². The number of hydrogen-bond acceptors (Lipinski definition) is 3. The number of halogens is 1. The number of aromatic nitrogens is 1. The van der Waals surface area contributed by atoms with Crippen molar-refractivity contribution in [3.63, 3.8) is 0 Å². The SMILES string of the molecule is O=Cc1cc(O)cnc1Br. The Balaban J connectivity index is 3.21. The molecular weight excluding hydrogens is 198 g/mol. The predicted octanol–water partition coefficient (Wildman–Crippen LogP) is 1.36. The Bertz CT molecular complexity index is 262. The van der Waals surface area contributed by atoms with Crippen molar-refractivity contribution in [3.8, 4) is 5.75 Å². The summed E-state index contributed by atoms with van der Waals surface area (Å²) in [7, 11) is 0. The molecule has 10 heavy (non-hydrogen) atoms. The van der Waals surface area contributed by atoms with Crippen LogP contribution in [0.5, 0.6) is 5.75 Å². The van der Waals surface area contributed by atoms with Gasteiger partial charge in [-0.2, -0.15) is 0 Å². The first-order chi connectivity index (χ1) is 4.74. The van der Waals surface area contributed by atoms with Crippen LogP contribution in [-0.4, -0.2) is 16.4 Å².